The quantitative estimate of drug-likeness (QED) is 0.671. The van der Waals surface area contributed by atoms with Gasteiger partial charge in [0.1, 0.15) is 0 Å². The van der Waals surface area contributed by atoms with Crippen LogP contribution in [0.2, 0.25) is 0 Å². The maximum absolute atomic E-state index is 12.7. The van der Waals surface area contributed by atoms with Crippen molar-refractivity contribution in [1.29, 1.82) is 0 Å². The molecule has 0 saturated carbocycles. The first-order chi connectivity index (χ1) is 12.8. The van der Waals surface area contributed by atoms with Crippen molar-refractivity contribution in [3.63, 3.8) is 0 Å². The number of hydrogen-bond acceptors (Lipinski definition) is 7. The van der Waals surface area contributed by atoms with Crippen LogP contribution in [0.15, 0.2) is 30.6 Å². The topological polar surface area (TPSA) is 119 Å². The highest BCUT2D eigenvalue weighted by atomic mass is 32.2. The number of amides is 1. The highest BCUT2D eigenvalue weighted by molar-refractivity contribution is 7.91. The van der Waals surface area contributed by atoms with Gasteiger partial charge in [-0.3, -0.25) is 4.79 Å². The van der Waals surface area contributed by atoms with Crippen LogP contribution in [0, 0.1) is 6.92 Å². The van der Waals surface area contributed by atoms with E-state index in [0.29, 0.717) is 11.3 Å². The van der Waals surface area contributed by atoms with Gasteiger partial charge in [-0.05, 0) is 31.5 Å². The predicted molar refractivity (Wildman–Crippen MR) is 104 cm³/mol. The third kappa shape index (κ3) is 3.47. The van der Waals surface area contributed by atoms with Crippen LogP contribution in [0.3, 0.4) is 0 Å². The molecule has 0 aliphatic carbocycles. The summed E-state index contributed by atoms with van der Waals surface area (Å²) in [5, 5.41) is 7.10. The van der Waals surface area contributed by atoms with Crippen molar-refractivity contribution in [2.75, 3.05) is 11.5 Å². The standard InChI is InChI=1S/C17H19N5O3S2/c1-10-11(14-8-19-16-3-2-5-20-22(14)16)7-15(26-10)17(23)21-13-9-27(24,25)6-4-12(13)18/h2-3,5,7-8,12-13H,4,6,9,18H2,1H3,(H,21,23). The summed E-state index contributed by atoms with van der Waals surface area (Å²) >= 11 is 1.35. The van der Waals surface area contributed by atoms with Gasteiger partial charge in [-0.25, -0.2) is 17.9 Å². The lowest BCUT2D eigenvalue weighted by Gasteiger charge is -2.28. The van der Waals surface area contributed by atoms with Crippen LogP contribution >= 0.6 is 11.3 Å². The van der Waals surface area contributed by atoms with E-state index in [0.717, 1.165) is 21.8 Å². The minimum atomic E-state index is -3.17. The van der Waals surface area contributed by atoms with Crippen LogP contribution < -0.4 is 11.1 Å². The highest BCUT2D eigenvalue weighted by Crippen LogP contribution is 2.31. The second-order valence-electron chi connectivity index (χ2n) is 6.66. The fraction of sp³-hybridized carbons (Fsp3) is 0.353. The Morgan fingerprint density at radius 1 is 1.44 bits per heavy atom. The molecule has 1 aliphatic heterocycles. The molecule has 2 atom stereocenters. The summed E-state index contributed by atoms with van der Waals surface area (Å²) in [7, 11) is -3.17. The van der Waals surface area contributed by atoms with E-state index in [9.17, 15) is 13.2 Å². The number of fused-ring (bicyclic) bond motifs is 1. The fourth-order valence-corrected chi connectivity index (χ4v) is 5.85. The maximum Gasteiger partial charge on any atom is 0.261 e. The van der Waals surface area contributed by atoms with Gasteiger partial charge in [0.2, 0.25) is 0 Å². The van der Waals surface area contributed by atoms with E-state index < -0.39 is 15.9 Å². The number of carbonyl (C=O) groups is 1. The summed E-state index contributed by atoms with van der Waals surface area (Å²) in [5.74, 6) is -0.355. The van der Waals surface area contributed by atoms with Crippen LogP contribution in [-0.4, -0.2) is 52.5 Å². The lowest BCUT2D eigenvalue weighted by atomic mass is 10.1. The molecule has 8 nitrogen and oxygen atoms in total. The summed E-state index contributed by atoms with van der Waals surface area (Å²) in [4.78, 5) is 18.5. The van der Waals surface area contributed by atoms with Crippen molar-refractivity contribution in [3.8, 4) is 11.3 Å². The Hall–Kier alpha value is -2.30. The lowest BCUT2D eigenvalue weighted by molar-refractivity contribution is 0.0938. The molecular formula is C17H19N5O3S2. The molecule has 3 N–H and O–H groups in total. The lowest BCUT2D eigenvalue weighted by Crippen LogP contribution is -2.55. The van der Waals surface area contributed by atoms with Crippen molar-refractivity contribution in [2.24, 2.45) is 5.73 Å². The molecule has 10 heteroatoms. The van der Waals surface area contributed by atoms with Crippen molar-refractivity contribution in [1.82, 2.24) is 19.9 Å². The van der Waals surface area contributed by atoms with Crippen LogP contribution in [0.5, 0.6) is 0 Å². The Morgan fingerprint density at radius 3 is 3.07 bits per heavy atom. The number of nitrogens with one attached hydrogen (secondary N) is 1. The molecule has 3 aromatic rings. The zero-order valence-electron chi connectivity index (χ0n) is 14.6. The highest BCUT2D eigenvalue weighted by Gasteiger charge is 2.32. The molecule has 1 saturated heterocycles. The van der Waals surface area contributed by atoms with E-state index in [1.807, 2.05) is 19.1 Å². The van der Waals surface area contributed by atoms with Gasteiger partial charge in [-0.1, -0.05) is 0 Å². The van der Waals surface area contributed by atoms with Gasteiger partial charge in [-0.2, -0.15) is 5.10 Å². The molecule has 0 bridgehead atoms. The molecule has 1 aliphatic rings. The van der Waals surface area contributed by atoms with Gasteiger partial charge in [-0.15, -0.1) is 11.3 Å². The molecule has 27 heavy (non-hydrogen) atoms. The Labute approximate surface area is 160 Å². The van der Waals surface area contributed by atoms with Crippen molar-refractivity contribution >= 4 is 32.7 Å². The number of aromatic nitrogens is 3. The second-order valence-corrected chi connectivity index (χ2v) is 10.1. The van der Waals surface area contributed by atoms with Crippen LogP contribution in [0.25, 0.3) is 16.9 Å². The van der Waals surface area contributed by atoms with Crippen molar-refractivity contribution in [2.45, 2.75) is 25.4 Å². The summed E-state index contributed by atoms with van der Waals surface area (Å²) in [6.07, 6.45) is 3.76. The predicted octanol–water partition coefficient (Wildman–Crippen LogP) is 1.01. The van der Waals surface area contributed by atoms with E-state index in [1.54, 1.807) is 23.0 Å². The Morgan fingerprint density at radius 2 is 2.26 bits per heavy atom. The summed E-state index contributed by atoms with van der Waals surface area (Å²) in [6, 6.07) is 4.53. The molecule has 4 heterocycles. The van der Waals surface area contributed by atoms with Crippen LogP contribution in [0.4, 0.5) is 0 Å². The number of rotatable bonds is 3. The van der Waals surface area contributed by atoms with Crippen LogP contribution in [-0.2, 0) is 9.84 Å². The second kappa shape index (κ2) is 6.70. The van der Waals surface area contributed by atoms with Crippen molar-refractivity contribution < 1.29 is 13.2 Å². The van der Waals surface area contributed by atoms with E-state index in [2.05, 4.69) is 15.4 Å². The van der Waals surface area contributed by atoms with Gasteiger partial charge in [0.15, 0.2) is 15.5 Å². The Balaban J connectivity index is 1.60. The van der Waals surface area contributed by atoms with Gasteiger partial charge in [0, 0.05) is 22.7 Å². The summed E-state index contributed by atoms with van der Waals surface area (Å²) in [5.41, 5.74) is 8.40. The summed E-state index contributed by atoms with van der Waals surface area (Å²) in [6.45, 7) is 1.93. The molecular weight excluding hydrogens is 386 g/mol. The molecule has 1 fully saturated rings. The molecule has 142 valence electrons. The molecule has 3 aromatic heterocycles. The zero-order chi connectivity index (χ0) is 19.2. The van der Waals surface area contributed by atoms with E-state index in [1.165, 1.54) is 11.3 Å². The average Bonchev–Trinajstić information content (AvgIpc) is 3.21. The largest absolute Gasteiger partial charge is 0.346 e. The molecule has 0 spiro atoms. The number of hydrogen-bond donors (Lipinski definition) is 2. The zero-order valence-corrected chi connectivity index (χ0v) is 16.3. The van der Waals surface area contributed by atoms with Gasteiger partial charge < -0.3 is 11.1 Å². The number of imidazole rings is 1. The number of sulfone groups is 1. The Kier molecular flexibility index (Phi) is 4.49. The summed E-state index contributed by atoms with van der Waals surface area (Å²) < 4.78 is 25.4. The van der Waals surface area contributed by atoms with Gasteiger partial charge in [0.25, 0.3) is 5.91 Å². The average molecular weight is 406 g/mol. The smallest absolute Gasteiger partial charge is 0.261 e. The first-order valence-corrected chi connectivity index (χ1v) is 11.1. The number of aryl methyl sites for hydroxylation is 1. The first-order valence-electron chi connectivity index (χ1n) is 8.50. The molecule has 1 amide bonds. The Bertz CT molecular complexity index is 1120. The number of nitrogens with zero attached hydrogens (tertiary/aromatic N) is 3. The number of thiophene rings is 1. The normalized spacial score (nSPS) is 22.0. The molecule has 0 aromatic carbocycles. The number of nitrogens with two attached hydrogens (primary N) is 1. The van der Waals surface area contributed by atoms with Gasteiger partial charge in [0.05, 0.1) is 34.3 Å². The van der Waals surface area contributed by atoms with E-state index in [4.69, 9.17) is 5.73 Å². The molecule has 2 unspecified atom stereocenters. The fourth-order valence-electron chi connectivity index (χ4n) is 3.25. The SMILES string of the molecule is Cc1sc(C(=O)NC2CS(=O)(=O)CCC2N)cc1-c1cnc2cccnn12. The monoisotopic (exact) mass is 405 g/mol. The molecule has 0 radical (unpaired) electrons. The number of carbonyl (C=O) groups excluding carboxylic acids is 1. The van der Waals surface area contributed by atoms with Crippen molar-refractivity contribution in [3.05, 3.63) is 40.3 Å². The minimum Gasteiger partial charge on any atom is -0.346 e. The minimum absolute atomic E-state index is 0.0735. The van der Waals surface area contributed by atoms with E-state index in [-0.39, 0.29) is 23.5 Å². The third-order valence-electron chi connectivity index (χ3n) is 4.72. The molecule has 4 rings (SSSR count). The van der Waals surface area contributed by atoms with E-state index >= 15 is 0 Å². The van der Waals surface area contributed by atoms with Crippen LogP contribution in [0.1, 0.15) is 21.0 Å². The van der Waals surface area contributed by atoms with Gasteiger partial charge >= 0.3 is 0 Å². The first kappa shape index (κ1) is 18.1. The third-order valence-corrected chi connectivity index (χ3v) is 7.50. The maximum atomic E-state index is 12.7.